The van der Waals surface area contributed by atoms with Crippen LogP contribution in [0.25, 0.3) is 10.9 Å². The number of amides is 1. The zero-order chi connectivity index (χ0) is 19.4. The molecule has 2 aromatic carbocycles. The van der Waals surface area contributed by atoms with Crippen LogP contribution in [-0.2, 0) is 17.5 Å². The van der Waals surface area contributed by atoms with E-state index in [1.165, 1.54) is 11.0 Å². The summed E-state index contributed by atoms with van der Waals surface area (Å²) >= 11 is 0.985. The van der Waals surface area contributed by atoms with E-state index in [4.69, 9.17) is 0 Å². The van der Waals surface area contributed by atoms with Gasteiger partial charge in [-0.3, -0.25) is 4.79 Å². The molecule has 0 fully saturated rings. The van der Waals surface area contributed by atoms with E-state index in [1.807, 2.05) is 30.3 Å². The van der Waals surface area contributed by atoms with Crippen LogP contribution in [-0.4, -0.2) is 33.6 Å². The van der Waals surface area contributed by atoms with Gasteiger partial charge in [0, 0.05) is 19.0 Å². The normalized spacial score (nSPS) is 11.6. The predicted molar refractivity (Wildman–Crippen MR) is 98.2 cm³/mol. The van der Waals surface area contributed by atoms with Crippen LogP contribution in [0.3, 0.4) is 0 Å². The lowest BCUT2D eigenvalue weighted by molar-refractivity contribution is -0.145. The number of thioether (sulfide) groups is 1. The van der Waals surface area contributed by atoms with E-state index in [2.05, 4.69) is 9.97 Å². The number of hydrogen-bond donors (Lipinski definition) is 0. The summed E-state index contributed by atoms with van der Waals surface area (Å²) in [7, 11) is 1.66. The zero-order valence-electron chi connectivity index (χ0n) is 14.4. The van der Waals surface area contributed by atoms with Crippen molar-refractivity contribution in [3.8, 4) is 0 Å². The molecule has 4 nitrogen and oxygen atoms in total. The van der Waals surface area contributed by atoms with Crippen molar-refractivity contribution in [1.82, 2.24) is 14.9 Å². The molecule has 0 aliphatic carbocycles. The van der Waals surface area contributed by atoms with E-state index in [1.54, 1.807) is 25.2 Å². The first kappa shape index (κ1) is 19.2. The Bertz CT molecular complexity index is 948. The van der Waals surface area contributed by atoms with Crippen LogP contribution in [0, 0.1) is 0 Å². The first-order valence-electron chi connectivity index (χ1n) is 8.09. The van der Waals surface area contributed by atoms with Crippen LogP contribution < -0.4 is 0 Å². The van der Waals surface area contributed by atoms with Crippen molar-refractivity contribution in [2.24, 2.45) is 0 Å². The quantitative estimate of drug-likeness (QED) is 0.478. The second kappa shape index (κ2) is 7.96. The summed E-state index contributed by atoms with van der Waals surface area (Å²) in [6.45, 7) is 0.429. The highest BCUT2D eigenvalue weighted by Crippen LogP contribution is 2.32. The van der Waals surface area contributed by atoms with Gasteiger partial charge >= 0.3 is 6.18 Å². The molecule has 0 saturated carbocycles. The van der Waals surface area contributed by atoms with Crippen molar-refractivity contribution in [1.29, 1.82) is 0 Å². The molecule has 3 aromatic rings. The molecule has 27 heavy (non-hydrogen) atoms. The van der Waals surface area contributed by atoms with Crippen molar-refractivity contribution < 1.29 is 18.0 Å². The van der Waals surface area contributed by atoms with Gasteiger partial charge in [-0.15, -0.1) is 0 Å². The fraction of sp³-hybridized carbons (Fsp3) is 0.211. The molecule has 0 atom stereocenters. The number of nitrogens with zero attached hydrogens (tertiary/aromatic N) is 3. The number of para-hydroxylation sites is 1. The average Bonchev–Trinajstić information content (AvgIpc) is 2.65. The van der Waals surface area contributed by atoms with Gasteiger partial charge in [0.1, 0.15) is 5.03 Å². The Hall–Kier alpha value is -2.61. The van der Waals surface area contributed by atoms with Crippen LogP contribution in [0.1, 0.15) is 11.4 Å². The molecule has 0 aliphatic heterocycles. The molecular formula is C19H16F3N3OS. The predicted octanol–water partition coefficient (Wildman–Crippen LogP) is 4.40. The van der Waals surface area contributed by atoms with Crippen LogP contribution in [0.5, 0.6) is 0 Å². The zero-order valence-corrected chi connectivity index (χ0v) is 15.2. The number of rotatable bonds is 5. The Labute approximate surface area is 158 Å². The minimum atomic E-state index is -4.65. The van der Waals surface area contributed by atoms with Crippen LogP contribution >= 0.6 is 11.8 Å². The number of carbonyl (C=O) groups is 1. The summed E-state index contributed by atoms with van der Waals surface area (Å²) < 4.78 is 39.2. The van der Waals surface area contributed by atoms with Gasteiger partial charge in [-0.25, -0.2) is 9.97 Å². The topological polar surface area (TPSA) is 46.1 Å². The van der Waals surface area contributed by atoms with Gasteiger partial charge < -0.3 is 4.90 Å². The highest BCUT2D eigenvalue weighted by molar-refractivity contribution is 8.00. The van der Waals surface area contributed by atoms with Crippen molar-refractivity contribution in [2.45, 2.75) is 17.7 Å². The number of carbonyl (C=O) groups excluding carboxylic acids is 1. The lowest BCUT2D eigenvalue weighted by Crippen LogP contribution is -2.27. The van der Waals surface area contributed by atoms with Crippen molar-refractivity contribution in [3.05, 3.63) is 66.0 Å². The Morgan fingerprint density at radius 1 is 1.04 bits per heavy atom. The molecule has 0 bridgehead atoms. The summed E-state index contributed by atoms with van der Waals surface area (Å²) in [5.74, 6) is -1.41. The Morgan fingerprint density at radius 3 is 2.41 bits per heavy atom. The van der Waals surface area contributed by atoms with Crippen LogP contribution in [0.2, 0.25) is 0 Å². The summed E-state index contributed by atoms with van der Waals surface area (Å²) in [5, 5.41) is 0.642. The van der Waals surface area contributed by atoms with Crippen LogP contribution in [0.4, 0.5) is 13.2 Å². The van der Waals surface area contributed by atoms with Crippen molar-refractivity contribution >= 4 is 28.6 Å². The van der Waals surface area contributed by atoms with Gasteiger partial charge in [-0.1, -0.05) is 60.3 Å². The highest BCUT2D eigenvalue weighted by atomic mass is 32.2. The largest absolute Gasteiger partial charge is 0.451 e. The fourth-order valence-corrected chi connectivity index (χ4v) is 3.43. The number of halogens is 3. The average molecular weight is 391 g/mol. The van der Waals surface area contributed by atoms with E-state index >= 15 is 0 Å². The molecule has 1 aromatic heterocycles. The lowest BCUT2D eigenvalue weighted by Gasteiger charge is -2.17. The molecule has 0 N–H and O–H groups in total. The fourth-order valence-electron chi connectivity index (χ4n) is 2.47. The maximum absolute atomic E-state index is 13.1. The van der Waals surface area contributed by atoms with Crippen molar-refractivity contribution in [3.63, 3.8) is 0 Å². The number of aromatic nitrogens is 2. The molecule has 1 heterocycles. The van der Waals surface area contributed by atoms with Crippen molar-refractivity contribution in [2.75, 3.05) is 12.8 Å². The minimum Gasteiger partial charge on any atom is -0.341 e. The molecule has 1 amide bonds. The molecule has 0 saturated heterocycles. The Morgan fingerprint density at radius 2 is 1.70 bits per heavy atom. The SMILES string of the molecule is CN(Cc1ccccc1)C(=O)CSc1nc(C(F)(F)F)nc2ccccc12. The third-order valence-electron chi connectivity index (χ3n) is 3.84. The molecule has 0 aliphatic rings. The van der Waals surface area contributed by atoms with Gasteiger partial charge in [-0.05, 0) is 11.6 Å². The first-order chi connectivity index (χ1) is 12.8. The van der Waals surface area contributed by atoms with E-state index in [0.717, 1.165) is 17.3 Å². The molecule has 140 valence electrons. The second-order valence-electron chi connectivity index (χ2n) is 5.89. The van der Waals surface area contributed by atoms with E-state index < -0.39 is 12.0 Å². The maximum atomic E-state index is 13.1. The minimum absolute atomic E-state index is 0.0123. The molecule has 8 heteroatoms. The number of alkyl halides is 3. The molecule has 0 unspecified atom stereocenters. The molecular weight excluding hydrogens is 375 g/mol. The summed E-state index contributed by atoms with van der Waals surface area (Å²) in [6.07, 6.45) is -4.65. The second-order valence-corrected chi connectivity index (χ2v) is 6.86. The monoisotopic (exact) mass is 391 g/mol. The molecule has 0 radical (unpaired) electrons. The number of benzene rings is 2. The highest BCUT2D eigenvalue weighted by Gasteiger charge is 2.35. The summed E-state index contributed by atoms with van der Waals surface area (Å²) in [4.78, 5) is 21.1. The lowest BCUT2D eigenvalue weighted by atomic mass is 10.2. The number of hydrogen-bond acceptors (Lipinski definition) is 4. The van der Waals surface area contributed by atoms with Gasteiger partial charge in [0.25, 0.3) is 0 Å². The number of fused-ring (bicyclic) bond motifs is 1. The maximum Gasteiger partial charge on any atom is 0.451 e. The van der Waals surface area contributed by atoms with E-state index in [0.29, 0.717) is 11.9 Å². The summed E-state index contributed by atoms with van der Waals surface area (Å²) in [6, 6.07) is 15.9. The van der Waals surface area contributed by atoms with E-state index in [9.17, 15) is 18.0 Å². The van der Waals surface area contributed by atoms with Gasteiger partial charge in [0.2, 0.25) is 11.7 Å². The van der Waals surface area contributed by atoms with Gasteiger partial charge in [0.15, 0.2) is 0 Å². The Kier molecular flexibility index (Phi) is 5.65. The molecule has 0 spiro atoms. The van der Waals surface area contributed by atoms with E-state index in [-0.39, 0.29) is 22.2 Å². The first-order valence-corrected chi connectivity index (χ1v) is 9.08. The smallest absolute Gasteiger partial charge is 0.341 e. The van der Waals surface area contributed by atoms with Gasteiger partial charge in [-0.2, -0.15) is 13.2 Å². The van der Waals surface area contributed by atoms with Gasteiger partial charge in [0.05, 0.1) is 11.3 Å². The van der Waals surface area contributed by atoms with Crippen LogP contribution in [0.15, 0.2) is 59.6 Å². The standard InChI is InChI=1S/C19H16F3N3OS/c1-25(11-13-7-3-2-4-8-13)16(26)12-27-17-14-9-5-6-10-15(14)23-18(24-17)19(20,21)22/h2-10H,11-12H2,1H3. The Balaban J connectivity index is 1.77. The molecule has 3 rings (SSSR count). The third-order valence-corrected chi connectivity index (χ3v) is 4.82. The summed E-state index contributed by atoms with van der Waals surface area (Å²) in [5.41, 5.74) is 1.18. The third kappa shape index (κ3) is 4.77.